The van der Waals surface area contributed by atoms with Crippen LogP contribution in [0, 0.1) is 19.7 Å². The molecule has 128 valence electrons. The molecule has 25 heavy (non-hydrogen) atoms. The van der Waals surface area contributed by atoms with E-state index in [1.807, 2.05) is 13.0 Å². The summed E-state index contributed by atoms with van der Waals surface area (Å²) in [6.07, 6.45) is 0.705. The third-order valence-electron chi connectivity index (χ3n) is 3.88. The molecule has 1 N–H and O–H groups in total. The van der Waals surface area contributed by atoms with Crippen molar-refractivity contribution in [3.05, 3.63) is 76.0 Å². The molecule has 0 aliphatic rings. The van der Waals surface area contributed by atoms with Crippen molar-refractivity contribution in [2.75, 3.05) is 6.54 Å². The van der Waals surface area contributed by atoms with Crippen LogP contribution in [0.15, 0.2) is 48.5 Å². The molecule has 0 atom stereocenters. The van der Waals surface area contributed by atoms with Gasteiger partial charge >= 0.3 is 0 Å². The summed E-state index contributed by atoms with van der Waals surface area (Å²) in [4.78, 5) is 17.8. The first kappa shape index (κ1) is 17.3. The fourth-order valence-corrected chi connectivity index (χ4v) is 3.64. The van der Waals surface area contributed by atoms with Crippen LogP contribution < -0.4 is 5.32 Å². The number of rotatable bonds is 5. The van der Waals surface area contributed by atoms with E-state index in [1.54, 1.807) is 17.4 Å². The summed E-state index contributed by atoms with van der Waals surface area (Å²) in [7, 11) is 0. The highest BCUT2D eigenvalue weighted by atomic mass is 32.1. The first-order chi connectivity index (χ1) is 12.0. The quantitative estimate of drug-likeness (QED) is 0.731. The molecule has 0 radical (unpaired) electrons. The highest BCUT2D eigenvalue weighted by molar-refractivity contribution is 7.15. The Morgan fingerprint density at radius 2 is 1.96 bits per heavy atom. The molecule has 0 unspecified atom stereocenters. The van der Waals surface area contributed by atoms with E-state index in [0.29, 0.717) is 18.5 Å². The van der Waals surface area contributed by atoms with Crippen LogP contribution >= 0.6 is 11.3 Å². The lowest BCUT2D eigenvalue weighted by atomic mass is 10.1. The van der Waals surface area contributed by atoms with Crippen LogP contribution in [0.3, 0.4) is 0 Å². The van der Waals surface area contributed by atoms with Crippen LogP contribution in [0.2, 0.25) is 0 Å². The second-order valence-corrected chi connectivity index (χ2v) is 7.00. The zero-order valence-electron chi connectivity index (χ0n) is 14.2. The average Bonchev–Trinajstić information content (AvgIpc) is 2.96. The van der Waals surface area contributed by atoms with Crippen LogP contribution in [-0.2, 0) is 6.42 Å². The summed E-state index contributed by atoms with van der Waals surface area (Å²) < 4.78 is 13.2. The van der Waals surface area contributed by atoms with Gasteiger partial charge in [0.2, 0.25) is 0 Å². The molecule has 3 nitrogen and oxygen atoms in total. The summed E-state index contributed by atoms with van der Waals surface area (Å²) in [5, 5.41) is 3.83. The van der Waals surface area contributed by atoms with Crippen molar-refractivity contribution in [3.8, 4) is 10.6 Å². The number of thiazole rings is 1. The van der Waals surface area contributed by atoms with Gasteiger partial charge in [-0.25, -0.2) is 9.37 Å². The molecule has 0 spiro atoms. The second kappa shape index (κ2) is 7.57. The number of halogens is 1. The summed E-state index contributed by atoms with van der Waals surface area (Å²) in [5.41, 5.74) is 3.64. The van der Waals surface area contributed by atoms with Gasteiger partial charge in [0.15, 0.2) is 0 Å². The first-order valence-electron chi connectivity index (χ1n) is 8.10. The van der Waals surface area contributed by atoms with Crippen LogP contribution in [0.5, 0.6) is 0 Å². The van der Waals surface area contributed by atoms with Crippen molar-refractivity contribution in [2.45, 2.75) is 20.3 Å². The number of aryl methyl sites for hydroxylation is 2. The monoisotopic (exact) mass is 354 g/mol. The zero-order chi connectivity index (χ0) is 17.8. The summed E-state index contributed by atoms with van der Waals surface area (Å²) in [6.45, 7) is 4.54. The SMILES string of the molecule is Cc1cccc(-c2nc(C)c(CCNC(=O)c3cccc(F)c3)s2)c1. The van der Waals surface area contributed by atoms with Crippen LogP contribution in [-0.4, -0.2) is 17.4 Å². The minimum atomic E-state index is -0.409. The molecule has 1 amide bonds. The van der Waals surface area contributed by atoms with Crippen molar-refractivity contribution in [1.82, 2.24) is 10.3 Å². The predicted molar refractivity (Wildman–Crippen MR) is 99.5 cm³/mol. The molecule has 3 rings (SSSR count). The number of carbonyl (C=O) groups excluding carboxylic acids is 1. The minimum Gasteiger partial charge on any atom is -0.352 e. The third-order valence-corrected chi connectivity index (χ3v) is 5.15. The molecular formula is C20H19FN2OS. The van der Waals surface area contributed by atoms with Gasteiger partial charge in [-0.05, 0) is 38.1 Å². The number of hydrogen-bond donors (Lipinski definition) is 1. The van der Waals surface area contributed by atoms with E-state index >= 15 is 0 Å². The van der Waals surface area contributed by atoms with E-state index < -0.39 is 5.82 Å². The molecular weight excluding hydrogens is 335 g/mol. The van der Waals surface area contributed by atoms with E-state index in [4.69, 9.17) is 0 Å². The van der Waals surface area contributed by atoms with Crippen LogP contribution in [0.1, 0.15) is 26.5 Å². The lowest BCUT2D eigenvalue weighted by Gasteiger charge is -2.04. The summed E-state index contributed by atoms with van der Waals surface area (Å²) >= 11 is 1.65. The number of amides is 1. The Bertz CT molecular complexity index is 904. The van der Waals surface area contributed by atoms with E-state index in [2.05, 4.69) is 35.4 Å². The van der Waals surface area contributed by atoms with E-state index in [1.165, 1.54) is 23.8 Å². The molecule has 5 heteroatoms. The largest absolute Gasteiger partial charge is 0.352 e. The van der Waals surface area contributed by atoms with Gasteiger partial charge in [0, 0.05) is 29.0 Å². The number of benzene rings is 2. The molecule has 0 bridgehead atoms. The van der Waals surface area contributed by atoms with Crippen molar-refractivity contribution in [2.24, 2.45) is 0 Å². The molecule has 3 aromatic rings. The maximum Gasteiger partial charge on any atom is 0.251 e. The van der Waals surface area contributed by atoms with Gasteiger partial charge in [0.1, 0.15) is 10.8 Å². The van der Waals surface area contributed by atoms with Gasteiger partial charge in [-0.3, -0.25) is 4.79 Å². The number of carbonyl (C=O) groups is 1. The molecule has 2 aromatic carbocycles. The fourth-order valence-electron chi connectivity index (χ4n) is 2.58. The maximum absolute atomic E-state index is 13.2. The number of nitrogens with one attached hydrogen (secondary N) is 1. The van der Waals surface area contributed by atoms with Crippen molar-refractivity contribution in [3.63, 3.8) is 0 Å². The van der Waals surface area contributed by atoms with Crippen LogP contribution in [0.4, 0.5) is 4.39 Å². The number of aromatic nitrogens is 1. The standard InChI is InChI=1S/C20H19FN2OS/c1-13-5-3-7-16(11-13)20-23-14(2)18(25-20)9-10-22-19(24)15-6-4-8-17(21)12-15/h3-8,11-12H,9-10H2,1-2H3,(H,22,24). The van der Waals surface area contributed by atoms with Crippen molar-refractivity contribution >= 4 is 17.2 Å². The molecule has 0 aliphatic carbocycles. The van der Waals surface area contributed by atoms with Crippen molar-refractivity contribution in [1.29, 1.82) is 0 Å². The molecule has 1 heterocycles. The Morgan fingerprint density at radius 3 is 2.72 bits per heavy atom. The average molecular weight is 354 g/mol. The zero-order valence-corrected chi connectivity index (χ0v) is 15.0. The fraction of sp³-hybridized carbons (Fsp3) is 0.200. The molecule has 0 fully saturated rings. The Balaban J connectivity index is 1.63. The van der Waals surface area contributed by atoms with Gasteiger partial charge in [-0.2, -0.15) is 0 Å². The van der Waals surface area contributed by atoms with E-state index in [9.17, 15) is 9.18 Å². The van der Waals surface area contributed by atoms with E-state index in [-0.39, 0.29) is 5.91 Å². The van der Waals surface area contributed by atoms with Gasteiger partial charge < -0.3 is 5.32 Å². The third kappa shape index (κ3) is 4.31. The Labute approximate surface area is 150 Å². The molecule has 0 aliphatic heterocycles. The first-order valence-corrected chi connectivity index (χ1v) is 8.91. The van der Waals surface area contributed by atoms with Gasteiger partial charge in [0.05, 0.1) is 5.69 Å². The maximum atomic E-state index is 13.2. The lowest BCUT2D eigenvalue weighted by Crippen LogP contribution is -2.25. The second-order valence-electron chi connectivity index (χ2n) is 5.91. The van der Waals surface area contributed by atoms with Crippen molar-refractivity contribution < 1.29 is 9.18 Å². The summed E-state index contributed by atoms with van der Waals surface area (Å²) in [5.74, 6) is -0.672. The van der Waals surface area contributed by atoms with Gasteiger partial charge in [-0.15, -0.1) is 11.3 Å². The Morgan fingerprint density at radius 1 is 1.16 bits per heavy atom. The van der Waals surface area contributed by atoms with Gasteiger partial charge in [0.25, 0.3) is 5.91 Å². The highest BCUT2D eigenvalue weighted by Crippen LogP contribution is 2.28. The normalized spacial score (nSPS) is 10.7. The van der Waals surface area contributed by atoms with E-state index in [0.717, 1.165) is 21.1 Å². The molecule has 1 aromatic heterocycles. The summed E-state index contributed by atoms with van der Waals surface area (Å²) in [6, 6.07) is 14.0. The van der Waals surface area contributed by atoms with Crippen LogP contribution in [0.25, 0.3) is 10.6 Å². The molecule has 0 saturated carbocycles. The minimum absolute atomic E-state index is 0.263. The number of nitrogens with zero attached hydrogens (tertiary/aromatic N) is 1. The van der Waals surface area contributed by atoms with Gasteiger partial charge in [-0.1, -0.05) is 29.8 Å². The Hall–Kier alpha value is -2.53. The molecule has 0 saturated heterocycles. The highest BCUT2D eigenvalue weighted by Gasteiger charge is 2.11. The lowest BCUT2D eigenvalue weighted by molar-refractivity contribution is 0.0953. The predicted octanol–water partition coefficient (Wildman–Crippen LogP) is 4.54. The Kier molecular flexibility index (Phi) is 5.24. The number of hydrogen-bond acceptors (Lipinski definition) is 3. The smallest absolute Gasteiger partial charge is 0.251 e. The topological polar surface area (TPSA) is 42.0 Å².